The van der Waals surface area contributed by atoms with Crippen LogP contribution in [0.3, 0.4) is 0 Å². The van der Waals surface area contributed by atoms with E-state index in [0.29, 0.717) is 5.58 Å². The molecule has 2 rings (SSSR count). The van der Waals surface area contributed by atoms with Crippen molar-refractivity contribution >= 4 is 39.2 Å². The molecule has 0 aliphatic rings. The topological polar surface area (TPSA) is 56.2 Å². The van der Waals surface area contributed by atoms with E-state index in [4.69, 9.17) is 10.2 Å². The van der Waals surface area contributed by atoms with Gasteiger partial charge in [-0.2, -0.15) is 0 Å². The zero-order chi connectivity index (χ0) is 10.3. The van der Waals surface area contributed by atoms with Gasteiger partial charge in [-0.1, -0.05) is 0 Å². The van der Waals surface area contributed by atoms with Gasteiger partial charge in [0.25, 0.3) is 0 Å². The first-order chi connectivity index (χ1) is 6.59. The lowest BCUT2D eigenvalue weighted by Gasteiger charge is -2.05. The summed E-state index contributed by atoms with van der Waals surface area (Å²) >= 11 is 2.15. The molecule has 4 heteroatoms. The second-order valence-corrected chi connectivity index (χ2v) is 4.17. The molecule has 72 valence electrons. The maximum Gasteiger partial charge on any atom is 0.336 e. The third kappa shape index (κ3) is 1.39. The SMILES string of the molecule is Cc1cc2oc(=O)ccc2c(I)c1N. The van der Waals surface area contributed by atoms with Crippen molar-refractivity contribution in [2.24, 2.45) is 0 Å². The Hall–Kier alpha value is -1.04. The predicted molar refractivity (Wildman–Crippen MR) is 64.4 cm³/mol. The van der Waals surface area contributed by atoms with Gasteiger partial charge in [0, 0.05) is 20.7 Å². The Morgan fingerprint density at radius 3 is 2.86 bits per heavy atom. The third-order valence-corrected chi connectivity index (χ3v) is 3.27. The standard InChI is InChI=1S/C10H8INO2/c1-5-4-7-6(9(11)10(5)12)2-3-8(13)14-7/h2-4H,12H2,1H3. The summed E-state index contributed by atoms with van der Waals surface area (Å²) in [6.07, 6.45) is 0. The maximum atomic E-state index is 11.0. The molecular formula is C10H8INO2. The van der Waals surface area contributed by atoms with E-state index in [2.05, 4.69) is 22.6 Å². The van der Waals surface area contributed by atoms with Crippen molar-refractivity contribution in [1.82, 2.24) is 0 Å². The van der Waals surface area contributed by atoms with Crippen molar-refractivity contribution in [3.63, 3.8) is 0 Å². The zero-order valence-corrected chi connectivity index (χ0v) is 9.66. The highest BCUT2D eigenvalue weighted by Crippen LogP contribution is 2.27. The molecule has 14 heavy (non-hydrogen) atoms. The summed E-state index contributed by atoms with van der Waals surface area (Å²) in [7, 11) is 0. The van der Waals surface area contributed by atoms with Gasteiger partial charge in [0.2, 0.25) is 0 Å². The number of nitrogen functional groups attached to an aromatic ring is 1. The van der Waals surface area contributed by atoms with Gasteiger partial charge in [0.05, 0.1) is 0 Å². The molecule has 0 aliphatic heterocycles. The van der Waals surface area contributed by atoms with E-state index in [1.54, 1.807) is 12.1 Å². The molecule has 1 aromatic carbocycles. The number of nitrogens with two attached hydrogens (primary N) is 1. The van der Waals surface area contributed by atoms with Crippen LogP contribution in [0.4, 0.5) is 5.69 Å². The highest BCUT2D eigenvalue weighted by molar-refractivity contribution is 14.1. The van der Waals surface area contributed by atoms with Gasteiger partial charge in [-0.05, 0) is 47.2 Å². The monoisotopic (exact) mass is 301 g/mol. The first kappa shape index (κ1) is 9.51. The second-order valence-electron chi connectivity index (χ2n) is 3.09. The molecule has 0 spiro atoms. The van der Waals surface area contributed by atoms with Crippen molar-refractivity contribution in [3.8, 4) is 0 Å². The lowest BCUT2D eigenvalue weighted by atomic mass is 10.1. The quantitative estimate of drug-likeness (QED) is 0.461. The smallest absolute Gasteiger partial charge is 0.336 e. The third-order valence-electron chi connectivity index (χ3n) is 2.11. The van der Waals surface area contributed by atoms with Crippen LogP contribution in [0, 0.1) is 10.5 Å². The second kappa shape index (κ2) is 3.27. The van der Waals surface area contributed by atoms with Gasteiger partial charge in [0.15, 0.2) is 0 Å². The average Bonchev–Trinajstić information content (AvgIpc) is 2.14. The lowest BCUT2D eigenvalue weighted by Crippen LogP contribution is -1.99. The van der Waals surface area contributed by atoms with E-state index >= 15 is 0 Å². The van der Waals surface area contributed by atoms with Gasteiger partial charge >= 0.3 is 5.63 Å². The van der Waals surface area contributed by atoms with Crippen LogP contribution in [0.1, 0.15) is 5.56 Å². The Kier molecular flexibility index (Phi) is 2.22. The number of benzene rings is 1. The zero-order valence-electron chi connectivity index (χ0n) is 7.50. The summed E-state index contributed by atoms with van der Waals surface area (Å²) in [5.41, 5.74) is 7.78. The van der Waals surface area contributed by atoms with Crippen LogP contribution in [0.2, 0.25) is 0 Å². The van der Waals surface area contributed by atoms with E-state index < -0.39 is 0 Å². The van der Waals surface area contributed by atoms with Crippen LogP contribution in [0.15, 0.2) is 27.4 Å². The number of hydrogen-bond donors (Lipinski definition) is 1. The minimum Gasteiger partial charge on any atom is -0.423 e. The number of rotatable bonds is 0. The van der Waals surface area contributed by atoms with Crippen molar-refractivity contribution < 1.29 is 4.42 Å². The molecule has 0 fully saturated rings. The summed E-state index contributed by atoms with van der Waals surface area (Å²) in [4.78, 5) is 11.0. The van der Waals surface area contributed by atoms with E-state index in [0.717, 1.165) is 20.2 Å². The molecule has 0 atom stereocenters. The van der Waals surface area contributed by atoms with Crippen LogP contribution in [0.5, 0.6) is 0 Å². The van der Waals surface area contributed by atoms with Crippen molar-refractivity contribution in [1.29, 1.82) is 0 Å². The Labute approximate surface area is 94.0 Å². The predicted octanol–water partition coefficient (Wildman–Crippen LogP) is 2.29. The maximum absolute atomic E-state index is 11.0. The minimum absolute atomic E-state index is 0.336. The fourth-order valence-corrected chi connectivity index (χ4v) is 2.18. The van der Waals surface area contributed by atoms with Gasteiger partial charge in [-0.15, -0.1) is 0 Å². The highest BCUT2D eigenvalue weighted by Gasteiger charge is 2.07. The van der Waals surface area contributed by atoms with Gasteiger partial charge in [-0.25, -0.2) is 4.79 Å². The first-order valence-corrected chi connectivity index (χ1v) is 5.16. The van der Waals surface area contributed by atoms with Crippen molar-refractivity contribution in [2.75, 3.05) is 5.73 Å². The van der Waals surface area contributed by atoms with Crippen LogP contribution >= 0.6 is 22.6 Å². The molecule has 0 aliphatic carbocycles. The highest BCUT2D eigenvalue weighted by atomic mass is 127. The van der Waals surface area contributed by atoms with Gasteiger partial charge in [-0.3, -0.25) is 0 Å². The Morgan fingerprint density at radius 1 is 1.43 bits per heavy atom. The summed E-state index contributed by atoms with van der Waals surface area (Å²) in [5, 5.41) is 0.883. The average molecular weight is 301 g/mol. The van der Waals surface area contributed by atoms with E-state index in [1.807, 2.05) is 6.92 Å². The number of fused-ring (bicyclic) bond motifs is 1. The lowest BCUT2D eigenvalue weighted by molar-refractivity contribution is 0.560. The molecule has 0 saturated heterocycles. The van der Waals surface area contributed by atoms with E-state index in [9.17, 15) is 4.79 Å². The van der Waals surface area contributed by atoms with Crippen LogP contribution in [-0.2, 0) is 0 Å². The number of anilines is 1. The molecule has 0 saturated carbocycles. The van der Waals surface area contributed by atoms with Gasteiger partial charge < -0.3 is 10.2 Å². The summed E-state index contributed by atoms with van der Waals surface area (Å²) in [6, 6.07) is 4.92. The van der Waals surface area contributed by atoms with Crippen molar-refractivity contribution in [2.45, 2.75) is 6.92 Å². The van der Waals surface area contributed by atoms with Crippen LogP contribution < -0.4 is 11.4 Å². The van der Waals surface area contributed by atoms with Crippen LogP contribution in [-0.4, -0.2) is 0 Å². The molecule has 3 nitrogen and oxygen atoms in total. The fraction of sp³-hybridized carbons (Fsp3) is 0.100. The van der Waals surface area contributed by atoms with Gasteiger partial charge in [0.1, 0.15) is 5.58 Å². The molecule has 1 aromatic heterocycles. The summed E-state index contributed by atoms with van der Waals surface area (Å²) in [5.74, 6) is 0. The van der Waals surface area contributed by atoms with Crippen LogP contribution in [0.25, 0.3) is 11.0 Å². The molecule has 1 heterocycles. The number of aryl methyl sites for hydroxylation is 1. The fourth-order valence-electron chi connectivity index (χ4n) is 1.31. The molecule has 0 unspecified atom stereocenters. The minimum atomic E-state index is -0.336. The summed E-state index contributed by atoms with van der Waals surface area (Å²) < 4.78 is 5.99. The van der Waals surface area contributed by atoms with E-state index in [1.165, 1.54) is 6.07 Å². The number of hydrogen-bond acceptors (Lipinski definition) is 3. The number of halogens is 1. The normalized spacial score (nSPS) is 10.7. The molecule has 2 aromatic rings. The molecular weight excluding hydrogens is 293 g/mol. The summed E-state index contributed by atoms with van der Waals surface area (Å²) in [6.45, 7) is 1.89. The Morgan fingerprint density at radius 2 is 2.14 bits per heavy atom. The Balaban J connectivity index is 2.98. The van der Waals surface area contributed by atoms with E-state index in [-0.39, 0.29) is 5.63 Å². The molecule has 0 bridgehead atoms. The molecule has 0 radical (unpaired) electrons. The molecule has 2 N–H and O–H groups in total. The molecule has 0 amide bonds. The Bertz CT molecular complexity index is 560. The first-order valence-electron chi connectivity index (χ1n) is 4.08. The van der Waals surface area contributed by atoms with Crippen molar-refractivity contribution in [3.05, 3.63) is 37.8 Å². The largest absolute Gasteiger partial charge is 0.423 e.